The van der Waals surface area contributed by atoms with Crippen LogP contribution in [0.3, 0.4) is 0 Å². The van der Waals surface area contributed by atoms with Gasteiger partial charge < -0.3 is 9.88 Å². The van der Waals surface area contributed by atoms with Gasteiger partial charge >= 0.3 is 0 Å². The molecule has 1 unspecified atom stereocenters. The van der Waals surface area contributed by atoms with E-state index in [0.717, 1.165) is 17.8 Å². The third-order valence-corrected chi connectivity index (χ3v) is 7.27. The molecule has 4 rings (SSSR count). The molecule has 2 amide bonds. The molecular formula is C26H32N6O2S. The number of carbonyl (C=O) groups is 2. The van der Waals surface area contributed by atoms with Crippen molar-refractivity contribution >= 4 is 35.0 Å². The van der Waals surface area contributed by atoms with Crippen LogP contribution in [0.5, 0.6) is 0 Å². The number of rotatable bonds is 8. The van der Waals surface area contributed by atoms with Crippen LogP contribution in [0.15, 0.2) is 59.8 Å². The van der Waals surface area contributed by atoms with E-state index in [9.17, 15) is 9.59 Å². The van der Waals surface area contributed by atoms with Crippen molar-refractivity contribution in [3.8, 4) is 0 Å². The SMILES string of the molecule is CCC(c1nnc(SCC(=O)N2c3ccccc3NC(=O)C2(C)C)n1Cc1ccccc1)N(C)C. The molecule has 0 bridgehead atoms. The van der Waals surface area contributed by atoms with E-state index in [4.69, 9.17) is 0 Å². The van der Waals surface area contributed by atoms with Crippen LogP contribution < -0.4 is 10.2 Å². The average Bonchev–Trinajstić information content (AvgIpc) is 3.21. The number of nitrogens with zero attached hydrogens (tertiary/aromatic N) is 5. The van der Waals surface area contributed by atoms with Crippen LogP contribution in [-0.4, -0.2) is 56.9 Å². The molecule has 3 aromatic rings. The summed E-state index contributed by atoms with van der Waals surface area (Å²) in [6, 6.07) is 17.7. The predicted molar refractivity (Wildman–Crippen MR) is 140 cm³/mol. The van der Waals surface area contributed by atoms with Crippen molar-refractivity contribution in [3.05, 3.63) is 66.0 Å². The van der Waals surface area contributed by atoms with Crippen molar-refractivity contribution in [2.75, 3.05) is 30.1 Å². The first-order valence-corrected chi connectivity index (χ1v) is 12.7. The van der Waals surface area contributed by atoms with Crippen LogP contribution in [0.25, 0.3) is 0 Å². The molecule has 1 N–H and O–H groups in total. The number of hydrogen-bond donors (Lipinski definition) is 1. The van der Waals surface area contributed by atoms with E-state index in [1.54, 1.807) is 18.7 Å². The Labute approximate surface area is 210 Å². The number of benzene rings is 2. The fourth-order valence-electron chi connectivity index (χ4n) is 4.44. The van der Waals surface area contributed by atoms with Gasteiger partial charge in [0.25, 0.3) is 0 Å². The lowest BCUT2D eigenvalue weighted by atomic mass is 9.96. The fraction of sp³-hybridized carbons (Fsp3) is 0.385. The third-order valence-electron chi connectivity index (χ3n) is 6.32. The molecule has 0 radical (unpaired) electrons. The van der Waals surface area contributed by atoms with Crippen LogP contribution in [-0.2, 0) is 16.1 Å². The van der Waals surface area contributed by atoms with Gasteiger partial charge in [0.05, 0.1) is 29.7 Å². The van der Waals surface area contributed by atoms with Crippen LogP contribution >= 0.6 is 11.8 Å². The van der Waals surface area contributed by atoms with Gasteiger partial charge in [-0.3, -0.25) is 19.4 Å². The van der Waals surface area contributed by atoms with Gasteiger partial charge in [-0.25, -0.2) is 0 Å². The summed E-state index contributed by atoms with van der Waals surface area (Å²) in [5, 5.41) is 12.6. The number of thioether (sulfide) groups is 1. The number of aromatic nitrogens is 3. The molecule has 184 valence electrons. The molecule has 0 saturated carbocycles. The summed E-state index contributed by atoms with van der Waals surface area (Å²) >= 11 is 1.35. The second kappa shape index (κ2) is 10.2. The second-order valence-corrected chi connectivity index (χ2v) is 10.3. The van der Waals surface area contributed by atoms with Crippen LogP contribution in [0.1, 0.15) is 44.6 Å². The zero-order chi connectivity index (χ0) is 25.2. The highest BCUT2D eigenvalue weighted by Gasteiger charge is 2.43. The maximum Gasteiger partial charge on any atom is 0.250 e. The first kappa shape index (κ1) is 24.9. The Balaban J connectivity index is 1.62. The van der Waals surface area contributed by atoms with Crippen LogP contribution in [0, 0.1) is 0 Å². The Kier molecular flexibility index (Phi) is 7.28. The van der Waals surface area contributed by atoms with Crippen molar-refractivity contribution in [2.45, 2.75) is 50.5 Å². The van der Waals surface area contributed by atoms with Gasteiger partial charge in [-0.2, -0.15) is 0 Å². The first-order chi connectivity index (χ1) is 16.7. The minimum atomic E-state index is -1.01. The zero-order valence-electron chi connectivity index (χ0n) is 20.9. The standard InChI is InChI=1S/C26H32N6O2S/c1-6-20(30(4)5)23-28-29-25(31(23)16-18-12-8-7-9-13-18)35-17-22(33)32-21-15-11-10-14-19(21)27-24(34)26(32,2)3/h7-15,20H,6,16-17H2,1-5H3,(H,27,34). The van der Waals surface area contributed by atoms with E-state index in [1.165, 1.54) is 11.8 Å². The van der Waals surface area contributed by atoms with E-state index in [-0.39, 0.29) is 23.6 Å². The maximum absolute atomic E-state index is 13.5. The minimum absolute atomic E-state index is 0.105. The lowest BCUT2D eigenvalue weighted by molar-refractivity contribution is -0.125. The van der Waals surface area contributed by atoms with Gasteiger partial charge in [0.2, 0.25) is 11.8 Å². The van der Waals surface area contributed by atoms with Gasteiger partial charge in [-0.1, -0.05) is 61.2 Å². The van der Waals surface area contributed by atoms with Gasteiger partial charge in [0.1, 0.15) is 5.54 Å². The number of para-hydroxylation sites is 2. The fourth-order valence-corrected chi connectivity index (χ4v) is 5.23. The summed E-state index contributed by atoms with van der Waals surface area (Å²) < 4.78 is 2.10. The average molecular weight is 493 g/mol. The highest BCUT2D eigenvalue weighted by molar-refractivity contribution is 7.99. The maximum atomic E-state index is 13.5. The molecule has 0 spiro atoms. The number of carbonyl (C=O) groups excluding carboxylic acids is 2. The van der Waals surface area contributed by atoms with Crippen molar-refractivity contribution < 1.29 is 9.59 Å². The largest absolute Gasteiger partial charge is 0.322 e. The molecule has 0 saturated heterocycles. The quantitative estimate of drug-likeness (QED) is 0.475. The second-order valence-electron chi connectivity index (χ2n) is 9.35. The Morgan fingerprint density at radius 3 is 2.46 bits per heavy atom. The lowest BCUT2D eigenvalue weighted by Crippen LogP contribution is -2.59. The van der Waals surface area contributed by atoms with Crippen molar-refractivity contribution in [2.24, 2.45) is 0 Å². The molecular weight excluding hydrogens is 460 g/mol. The summed E-state index contributed by atoms with van der Waals surface area (Å²) in [7, 11) is 4.07. The normalized spacial score (nSPS) is 15.6. The summed E-state index contributed by atoms with van der Waals surface area (Å²) in [6.45, 7) is 6.27. The molecule has 9 heteroatoms. The monoisotopic (exact) mass is 492 g/mol. The molecule has 8 nitrogen and oxygen atoms in total. The highest BCUT2D eigenvalue weighted by atomic mass is 32.2. The van der Waals surface area contributed by atoms with Gasteiger partial charge in [0.15, 0.2) is 11.0 Å². The van der Waals surface area contributed by atoms with Crippen LogP contribution in [0.4, 0.5) is 11.4 Å². The Hall–Kier alpha value is -3.17. The summed E-state index contributed by atoms with van der Waals surface area (Å²) in [4.78, 5) is 30.0. The van der Waals surface area contributed by atoms with Crippen molar-refractivity contribution in [3.63, 3.8) is 0 Å². The van der Waals surface area contributed by atoms with Gasteiger partial charge in [-0.15, -0.1) is 10.2 Å². The number of amides is 2. The van der Waals surface area contributed by atoms with E-state index < -0.39 is 5.54 Å². The number of hydrogen-bond acceptors (Lipinski definition) is 6. The van der Waals surface area contributed by atoms with Crippen molar-refractivity contribution in [1.82, 2.24) is 19.7 Å². The number of nitrogens with one attached hydrogen (secondary N) is 1. The van der Waals surface area contributed by atoms with E-state index in [2.05, 4.69) is 44.0 Å². The van der Waals surface area contributed by atoms with Gasteiger partial charge in [0, 0.05) is 0 Å². The highest BCUT2D eigenvalue weighted by Crippen LogP contribution is 2.37. The molecule has 1 aliphatic heterocycles. The van der Waals surface area contributed by atoms with Crippen LogP contribution in [0.2, 0.25) is 0 Å². The smallest absolute Gasteiger partial charge is 0.250 e. The predicted octanol–water partition coefficient (Wildman–Crippen LogP) is 4.20. The Bertz CT molecular complexity index is 1210. The van der Waals surface area contributed by atoms with E-state index in [0.29, 0.717) is 23.1 Å². The summed E-state index contributed by atoms with van der Waals surface area (Å²) in [5.74, 6) is 0.648. The topological polar surface area (TPSA) is 83.4 Å². The molecule has 1 aromatic heterocycles. The molecule has 2 heterocycles. The van der Waals surface area contributed by atoms with E-state index in [1.807, 2.05) is 56.6 Å². The first-order valence-electron chi connectivity index (χ1n) is 11.7. The summed E-state index contributed by atoms with van der Waals surface area (Å²) in [5.41, 5.74) is 1.47. The number of fused-ring (bicyclic) bond motifs is 1. The Morgan fingerprint density at radius 2 is 1.77 bits per heavy atom. The third kappa shape index (κ3) is 4.97. The molecule has 0 aliphatic carbocycles. The summed E-state index contributed by atoms with van der Waals surface area (Å²) in [6.07, 6.45) is 0.886. The molecule has 35 heavy (non-hydrogen) atoms. The molecule has 2 aromatic carbocycles. The van der Waals surface area contributed by atoms with Gasteiger partial charge in [-0.05, 0) is 52.1 Å². The minimum Gasteiger partial charge on any atom is -0.322 e. The van der Waals surface area contributed by atoms with Crippen molar-refractivity contribution in [1.29, 1.82) is 0 Å². The lowest BCUT2D eigenvalue weighted by Gasteiger charge is -2.42. The molecule has 0 fully saturated rings. The number of anilines is 2. The Morgan fingerprint density at radius 1 is 1.09 bits per heavy atom. The zero-order valence-corrected chi connectivity index (χ0v) is 21.7. The molecule has 1 atom stereocenters. The van der Waals surface area contributed by atoms with E-state index >= 15 is 0 Å². The molecule has 1 aliphatic rings.